The number of urea groups is 1. The molecule has 1 atom stereocenters. The Kier molecular flexibility index (Phi) is 7.15. The summed E-state index contributed by atoms with van der Waals surface area (Å²) in [6.07, 6.45) is 0. The van der Waals surface area contributed by atoms with Gasteiger partial charge in [-0.2, -0.15) is 5.10 Å². The van der Waals surface area contributed by atoms with E-state index in [-0.39, 0.29) is 29.5 Å². The highest BCUT2D eigenvalue weighted by Gasteiger charge is 2.32. The van der Waals surface area contributed by atoms with Crippen molar-refractivity contribution in [3.8, 4) is 11.5 Å². The number of hydrogen-bond donors (Lipinski definition) is 1. The lowest BCUT2D eigenvalue weighted by Crippen LogP contribution is -2.30. The summed E-state index contributed by atoms with van der Waals surface area (Å²) in [7, 11) is 0. The maximum absolute atomic E-state index is 13.5. The first-order valence-corrected chi connectivity index (χ1v) is 12.7. The maximum atomic E-state index is 13.5. The topological polar surface area (TPSA) is 53.9 Å². The molecule has 0 spiro atoms. The number of rotatable bonds is 5. The Labute approximate surface area is 226 Å². The molecule has 0 saturated carbocycles. The minimum atomic E-state index is -0.411. The third-order valence-electron chi connectivity index (χ3n) is 6.62. The lowest BCUT2D eigenvalue weighted by atomic mass is 9.87. The van der Waals surface area contributed by atoms with E-state index in [1.807, 2.05) is 12.1 Å². The molecule has 0 fully saturated rings. The molecule has 1 unspecified atom stereocenters. The first-order chi connectivity index (χ1) is 18.7. The molecule has 1 heterocycles. The summed E-state index contributed by atoms with van der Waals surface area (Å²) >= 11 is 0. The minimum absolute atomic E-state index is 0.0661. The number of carbonyl (C=O) groups is 1. The molecule has 0 aromatic heterocycles. The van der Waals surface area contributed by atoms with Crippen LogP contribution in [0.25, 0.3) is 0 Å². The fraction of sp³-hybridized carbons (Fsp3) is 0.188. The number of nitrogens with zero attached hydrogens (tertiary/aromatic N) is 2. The van der Waals surface area contributed by atoms with Crippen molar-refractivity contribution in [2.45, 2.75) is 32.1 Å². The maximum Gasteiger partial charge on any atom is 0.342 e. The zero-order chi connectivity index (χ0) is 27.6. The standard InChI is InChI=1S/C32H29F2N3O2/c1-32(2,3)23-8-16-27(17-9-23)39-28-18-14-26(15-19-28)35-31(38)37-20-29(21-4-10-24(33)11-5-21)30(36-37)22-6-12-25(34)13-7-22/h4-19,29H,20H2,1-3H3,(H,35,38). The van der Waals surface area contributed by atoms with E-state index in [2.05, 4.69) is 43.3 Å². The van der Waals surface area contributed by atoms with E-state index in [9.17, 15) is 13.6 Å². The van der Waals surface area contributed by atoms with Gasteiger partial charge in [-0.3, -0.25) is 0 Å². The molecule has 2 amide bonds. The monoisotopic (exact) mass is 525 g/mol. The summed E-state index contributed by atoms with van der Waals surface area (Å²) in [4.78, 5) is 13.1. The zero-order valence-electron chi connectivity index (χ0n) is 22.0. The molecule has 5 rings (SSSR count). The summed E-state index contributed by atoms with van der Waals surface area (Å²) < 4.78 is 33.0. The predicted octanol–water partition coefficient (Wildman–Crippen LogP) is 8.09. The predicted molar refractivity (Wildman–Crippen MR) is 149 cm³/mol. The van der Waals surface area contributed by atoms with Crippen LogP contribution in [-0.2, 0) is 5.41 Å². The second kappa shape index (κ2) is 10.7. The van der Waals surface area contributed by atoms with Crippen LogP contribution in [0.2, 0.25) is 0 Å². The van der Waals surface area contributed by atoms with E-state index in [1.54, 1.807) is 48.5 Å². The van der Waals surface area contributed by atoms with Crippen molar-refractivity contribution in [2.75, 3.05) is 11.9 Å². The number of ether oxygens (including phenoxy) is 1. The van der Waals surface area contributed by atoms with Crippen LogP contribution < -0.4 is 10.1 Å². The van der Waals surface area contributed by atoms with Gasteiger partial charge in [0, 0.05) is 11.6 Å². The van der Waals surface area contributed by atoms with Crippen LogP contribution in [0.15, 0.2) is 102 Å². The zero-order valence-corrected chi connectivity index (χ0v) is 22.0. The lowest BCUT2D eigenvalue weighted by molar-refractivity contribution is 0.218. The van der Waals surface area contributed by atoms with Crippen molar-refractivity contribution in [1.29, 1.82) is 0 Å². The van der Waals surface area contributed by atoms with Crippen molar-refractivity contribution in [1.82, 2.24) is 5.01 Å². The van der Waals surface area contributed by atoms with E-state index < -0.39 is 6.03 Å². The van der Waals surface area contributed by atoms with Gasteiger partial charge < -0.3 is 10.1 Å². The van der Waals surface area contributed by atoms with Gasteiger partial charge in [-0.1, -0.05) is 57.2 Å². The van der Waals surface area contributed by atoms with Crippen molar-refractivity contribution in [3.05, 3.63) is 125 Å². The Morgan fingerprint density at radius 2 is 1.36 bits per heavy atom. The van der Waals surface area contributed by atoms with Gasteiger partial charge in [0.05, 0.1) is 12.3 Å². The number of carbonyl (C=O) groups excluding carboxylic acids is 1. The molecule has 0 bridgehead atoms. The summed E-state index contributed by atoms with van der Waals surface area (Å²) in [5.74, 6) is 0.375. The smallest absolute Gasteiger partial charge is 0.342 e. The van der Waals surface area contributed by atoms with Gasteiger partial charge in [-0.05, 0) is 82.8 Å². The largest absolute Gasteiger partial charge is 0.457 e. The second-order valence-corrected chi connectivity index (χ2v) is 10.5. The highest BCUT2D eigenvalue weighted by atomic mass is 19.1. The molecule has 5 nitrogen and oxygen atoms in total. The number of halogens is 2. The number of hydrogen-bond acceptors (Lipinski definition) is 3. The molecular weight excluding hydrogens is 496 g/mol. The Morgan fingerprint density at radius 3 is 1.92 bits per heavy atom. The number of amides is 2. The molecule has 198 valence electrons. The van der Waals surface area contributed by atoms with Gasteiger partial charge >= 0.3 is 6.03 Å². The van der Waals surface area contributed by atoms with Crippen LogP contribution in [0.4, 0.5) is 19.3 Å². The quantitative estimate of drug-likeness (QED) is 0.286. The highest BCUT2D eigenvalue weighted by molar-refractivity contribution is 6.07. The Hall–Kier alpha value is -4.52. The first kappa shape index (κ1) is 26.1. The minimum Gasteiger partial charge on any atom is -0.457 e. The van der Waals surface area contributed by atoms with Gasteiger partial charge in [0.1, 0.15) is 23.1 Å². The number of anilines is 1. The SMILES string of the molecule is CC(C)(C)c1ccc(Oc2ccc(NC(=O)N3CC(c4ccc(F)cc4)C(c4ccc(F)cc4)=N3)cc2)cc1. The number of hydrazone groups is 1. The summed E-state index contributed by atoms with van der Waals surface area (Å²) in [5, 5.41) is 8.77. The molecular formula is C32H29F2N3O2. The van der Waals surface area contributed by atoms with E-state index in [0.29, 0.717) is 22.7 Å². The molecule has 1 aliphatic rings. The van der Waals surface area contributed by atoms with Crippen molar-refractivity contribution in [2.24, 2.45) is 5.10 Å². The van der Waals surface area contributed by atoms with Crippen LogP contribution in [0.3, 0.4) is 0 Å². The first-order valence-electron chi connectivity index (χ1n) is 12.7. The molecule has 7 heteroatoms. The van der Waals surface area contributed by atoms with E-state index >= 15 is 0 Å². The van der Waals surface area contributed by atoms with E-state index in [1.165, 1.54) is 34.8 Å². The van der Waals surface area contributed by atoms with Crippen molar-refractivity contribution < 1.29 is 18.3 Å². The van der Waals surface area contributed by atoms with Crippen molar-refractivity contribution in [3.63, 3.8) is 0 Å². The average molecular weight is 526 g/mol. The molecule has 4 aromatic carbocycles. The molecule has 39 heavy (non-hydrogen) atoms. The van der Waals surface area contributed by atoms with E-state index in [0.717, 1.165) is 11.3 Å². The highest BCUT2D eigenvalue weighted by Crippen LogP contribution is 2.31. The Morgan fingerprint density at radius 1 is 0.821 bits per heavy atom. The van der Waals surface area contributed by atoms with Crippen LogP contribution in [-0.4, -0.2) is 23.3 Å². The lowest BCUT2D eigenvalue weighted by Gasteiger charge is -2.19. The summed E-state index contributed by atoms with van der Waals surface area (Å²) in [6, 6.07) is 26.7. The molecule has 1 N–H and O–H groups in total. The third-order valence-corrected chi connectivity index (χ3v) is 6.62. The summed E-state index contributed by atoms with van der Waals surface area (Å²) in [6.45, 7) is 6.75. The third kappa shape index (κ3) is 6.14. The van der Waals surface area contributed by atoms with Crippen LogP contribution in [0.1, 0.15) is 43.4 Å². The molecule has 0 saturated heterocycles. The van der Waals surface area contributed by atoms with Crippen LogP contribution in [0.5, 0.6) is 11.5 Å². The van der Waals surface area contributed by atoms with Gasteiger partial charge in [-0.25, -0.2) is 18.6 Å². The Balaban J connectivity index is 1.28. The van der Waals surface area contributed by atoms with Crippen LogP contribution in [0, 0.1) is 11.6 Å². The normalized spacial score (nSPS) is 15.2. The number of nitrogens with one attached hydrogen (secondary N) is 1. The fourth-order valence-electron chi connectivity index (χ4n) is 4.42. The van der Waals surface area contributed by atoms with Gasteiger partial charge in [0.15, 0.2) is 0 Å². The van der Waals surface area contributed by atoms with E-state index in [4.69, 9.17) is 4.74 Å². The van der Waals surface area contributed by atoms with Gasteiger partial charge in [0.25, 0.3) is 0 Å². The van der Waals surface area contributed by atoms with Crippen molar-refractivity contribution >= 4 is 17.4 Å². The average Bonchev–Trinajstić information content (AvgIpc) is 3.36. The molecule has 0 radical (unpaired) electrons. The molecule has 0 aliphatic carbocycles. The van der Waals surface area contributed by atoms with Gasteiger partial charge in [0.2, 0.25) is 0 Å². The number of benzene rings is 4. The Bertz CT molecular complexity index is 1480. The van der Waals surface area contributed by atoms with Gasteiger partial charge in [-0.15, -0.1) is 0 Å². The molecule has 1 aliphatic heterocycles. The summed E-state index contributed by atoms with van der Waals surface area (Å²) in [5.41, 5.74) is 3.99. The molecule has 4 aromatic rings. The fourth-order valence-corrected chi connectivity index (χ4v) is 4.42. The van der Waals surface area contributed by atoms with Crippen LogP contribution >= 0.6 is 0 Å². The second-order valence-electron chi connectivity index (χ2n) is 10.5.